The minimum atomic E-state index is -4.64. The lowest BCUT2D eigenvalue weighted by Crippen LogP contribution is -2.37. The number of carbonyl (C=O) groups excluding carboxylic acids is 2. The predicted molar refractivity (Wildman–Crippen MR) is 369 cm³/mol. The maximum atomic E-state index is 12.9. The fourth-order valence-corrected chi connectivity index (χ4v) is 11.1. The molecule has 0 amide bonds. The molecule has 0 saturated carbocycles. The predicted octanol–water partition coefficient (Wildman–Crippen LogP) is 23.1. The summed E-state index contributed by atoms with van der Waals surface area (Å²) < 4.78 is 34.3. The summed E-state index contributed by atoms with van der Waals surface area (Å²) in [7, 11) is 1.18. The minimum Gasteiger partial charge on any atom is -0.756 e. The molecule has 0 aliphatic rings. The number of carbonyl (C=O) groups is 2. The van der Waals surface area contributed by atoms with Crippen LogP contribution in [0, 0.1) is 0 Å². The molecule has 2 unspecified atom stereocenters. The standard InChI is InChI=1S/C76H138NO8P/c1-6-8-10-12-14-16-18-20-22-24-26-28-30-31-32-33-34-35-36-37-38-39-40-41-42-43-44-45-47-49-51-53-55-57-59-61-63-65-67-69-76(79)85-74(73-84-86(80,81)83-71-70-77(3,4)5)72-82-75(78)68-66-64-62-60-58-56-54-52-50-48-46-29-27-25-23-21-19-17-15-13-11-9-7-2/h8,10,14,16,20,22,25-28,31-32,34-35,74H,6-7,9,11-13,15,17-19,21,23-24,29-30,33,36-73H2,1-5H3/b10-8-,16-14-,22-20-,27-25-,28-26-,32-31-,35-34-. The normalized spacial score (nSPS) is 13.6. The fraction of sp³-hybridized carbons (Fsp3) is 0.789. The summed E-state index contributed by atoms with van der Waals surface area (Å²) in [5, 5.41) is 0. The average Bonchev–Trinajstić information content (AvgIpc) is 3.56. The molecule has 2 atom stereocenters. The van der Waals surface area contributed by atoms with Crippen LogP contribution in [0.15, 0.2) is 85.1 Å². The van der Waals surface area contributed by atoms with Crippen LogP contribution in [0.3, 0.4) is 0 Å². The molecule has 0 aromatic rings. The molecule has 0 aromatic carbocycles. The Hall–Kier alpha value is -2.81. The van der Waals surface area contributed by atoms with Gasteiger partial charge in [0.1, 0.15) is 19.8 Å². The first-order valence-corrected chi connectivity index (χ1v) is 37.8. The SMILES string of the molecule is CC/C=C\C/C=C\C/C=C\C/C=C\C/C=C\C/C=C\CCCCCCCCCCCCCCCCCCCCCCC(=O)OC(COC(=O)CCCCCCCCCCCCC/C=C\CCCCCCCCCC)COP(=O)([O-])OCC[N+](C)(C)C. The van der Waals surface area contributed by atoms with Crippen LogP contribution < -0.4 is 4.89 Å². The summed E-state index contributed by atoms with van der Waals surface area (Å²) in [6, 6.07) is 0. The first-order chi connectivity index (χ1) is 42.0. The Morgan fingerprint density at radius 3 is 1.00 bits per heavy atom. The van der Waals surface area contributed by atoms with Crippen molar-refractivity contribution in [2.75, 3.05) is 47.5 Å². The monoisotopic (exact) mass is 1220 g/mol. The maximum absolute atomic E-state index is 12.9. The summed E-state index contributed by atoms with van der Waals surface area (Å²) in [4.78, 5) is 38.1. The second kappa shape index (κ2) is 66.6. The van der Waals surface area contributed by atoms with Gasteiger partial charge in [-0.1, -0.05) is 317 Å². The Kier molecular flexibility index (Phi) is 64.4. The highest BCUT2D eigenvalue weighted by molar-refractivity contribution is 7.45. The van der Waals surface area contributed by atoms with Gasteiger partial charge in [-0.15, -0.1) is 0 Å². The van der Waals surface area contributed by atoms with Crippen LogP contribution in [0.25, 0.3) is 0 Å². The van der Waals surface area contributed by atoms with Gasteiger partial charge in [-0.05, 0) is 89.9 Å². The van der Waals surface area contributed by atoms with Crippen molar-refractivity contribution in [3.8, 4) is 0 Å². The molecule has 9 nitrogen and oxygen atoms in total. The largest absolute Gasteiger partial charge is 0.756 e. The van der Waals surface area contributed by atoms with Crippen molar-refractivity contribution in [3.05, 3.63) is 85.1 Å². The fourth-order valence-electron chi connectivity index (χ4n) is 10.4. The molecule has 0 radical (unpaired) electrons. The number of unbranched alkanes of at least 4 members (excludes halogenated alkanes) is 39. The molecule has 500 valence electrons. The van der Waals surface area contributed by atoms with E-state index >= 15 is 0 Å². The Morgan fingerprint density at radius 2 is 0.663 bits per heavy atom. The maximum Gasteiger partial charge on any atom is 0.306 e. The molecule has 10 heteroatoms. The second-order valence-electron chi connectivity index (χ2n) is 25.6. The van der Waals surface area contributed by atoms with E-state index in [-0.39, 0.29) is 32.0 Å². The molecule has 0 spiro atoms. The second-order valence-corrected chi connectivity index (χ2v) is 27.0. The van der Waals surface area contributed by atoms with Gasteiger partial charge in [0.2, 0.25) is 0 Å². The number of likely N-dealkylation sites (N-methyl/N-ethyl adjacent to an activating group) is 1. The van der Waals surface area contributed by atoms with Gasteiger partial charge >= 0.3 is 11.9 Å². The van der Waals surface area contributed by atoms with Crippen LogP contribution in [0.2, 0.25) is 0 Å². The molecule has 86 heavy (non-hydrogen) atoms. The molecule has 0 aliphatic heterocycles. The highest BCUT2D eigenvalue weighted by atomic mass is 31.2. The Labute approximate surface area is 532 Å². The molecule has 0 heterocycles. The lowest BCUT2D eigenvalue weighted by Gasteiger charge is -2.28. The third-order valence-electron chi connectivity index (χ3n) is 15.9. The number of quaternary nitrogens is 1. The third kappa shape index (κ3) is 70.3. The van der Waals surface area contributed by atoms with Crippen molar-refractivity contribution < 1.29 is 42.1 Å². The number of hydrogen-bond acceptors (Lipinski definition) is 8. The minimum absolute atomic E-state index is 0.0307. The summed E-state index contributed by atoms with van der Waals surface area (Å²) >= 11 is 0. The zero-order valence-electron chi connectivity index (χ0n) is 57.0. The van der Waals surface area contributed by atoms with Gasteiger partial charge in [0.15, 0.2) is 6.10 Å². The average molecular weight is 1220 g/mol. The van der Waals surface area contributed by atoms with Crippen molar-refractivity contribution in [1.29, 1.82) is 0 Å². The van der Waals surface area contributed by atoms with Crippen LogP contribution in [-0.4, -0.2) is 70.0 Å². The quantitative estimate of drug-likeness (QED) is 0.0195. The molecular formula is C76H138NO8P. The lowest BCUT2D eigenvalue weighted by molar-refractivity contribution is -0.870. The van der Waals surface area contributed by atoms with Crippen LogP contribution >= 0.6 is 7.82 Å². The summed E-state index contributed by atoms with van der Waals surface area (Å²) in [6.07, 6.45) is 91.0. The smallest absolute Gasteiger partial charge is 0.306 e. The van der Waals surface area contributed by atoms with Crippen molar-refractivity contribution >= 4 is 19.8 Å². The first-order valence-electron chi connectivity index (χ1n) is 36.3. The number of allylic oxidation sites excluding steroid dienone is 14. The van der Waals surface area contributed by atoms with Gasteiger partial charge in [-0.2, -0.15) is 0 Å². The van der Waals surface area contributed by atoms with Crippen molar-refractivity contribution in [1.82, 2.24) is 0 Å². The molecule has 0 aliphatic carbocycles. The summed E-state index contributed by atoms with van der Waals surface area (Å²) in [5.41, 5.74) is 0. The van der Waals surface area contributed by atoms with Gasteiger partial charge in [0.05, 0.1) is 27.7 Å². The lowest BCUT2D eigenvalue weighted by atomic mass is 10.0. The molecule has 0 rings (SSSR count). The number of phosphoric ester groups is 1. The van der Waals surface area contributed by atoms with E-state index in [0.717, 1.165) is 77.0 Å². The summed E-state index contributed by atoms with van der Waals surface area (Å²) in [5.74, 6) is -0.820. The number of hydrogen-bond donors (Lipinski definition) is 0. The van der Waals surface area contributed by atoms with Crippen LogP contribution in [0.4, 0.5) is 0 Å². The highest BCUT2D eigenvalue weighted by Gasteiger charge is 2.22. The van der Waals surface area contributed by atoms with Crippen LogP contribution in [0.1, 0.15) is 335 Å². The van der Waals surface area contributed by atoms with Crippen LogP contribution in [-0.2, 0) is 32.7 Å². The van der Waals surface area contributed by atoms with E-state index in [0.29, 0.717) is 17.4 Å². The van der Waals surface area contributed by atoms with E-state index in [1.807, 2.05) is 21.1 Å². The molecular weight excluding hydrogens is 1090 g/mol. The van der Waals surface area contributed by atoms with Gasteiger partial charge in [-0.25, -0.2) is 0 Å². The zero-order valence-corrected chi connectivity index (χ0v) is 57.9. The zero-order chi connectivity index (χ0) is 62.6. The number of ether oxygens (including phenoxy) is 2. The number of esters is 2. The third-order valence-corrected chi connectivity index (χ3v) is 16.9. The summed E-state index contributed by atoms with van der Waals surface area (Å²) in [6.45, 7) is 4.17. The van der Waals surface area contributed by atoms with E-state index in [1.54, 1.807) is 0 Å². The highest BCUT2D eigenvalue weighted by Crippen LogP contribution is 2.38. The van der Waals surface area contributed by atoms with E-state index in [9.17, 15) is 19.0 Å². The van der Waals surface area contributed by atoms with Crippen LogP contribution in [0.5, 0.6) is 0 Å². The van der Waals surface area contributed by atoms with E-state index in [2.05, 4.69) is 98.9 Å². The number of phosphoric acid groups is 1. The van der Waals surface area contributed by atoms with Crippen molar-refractivity contribution in [2.45, 2.75) is 341 Å². The number of rotatable bonds is 67. The molecule has 0 N–H and O–H groups in total. The first kappa shape index (κ1) is 83.2. The molecule has 0 bridgehead atoms. The van der Waals surface area contributed by atoms with Gasteiger partial charge in [0, 0.05) is 12.8 Å². The Bertz CT molecular complexity index is 1730. The molecule has 0 saturated heterocycles. The van der Waals surface area contributed by atoms with E-state index in [4.69, 9.17) is 18.5 Å². The Balaban J connectivity index is 3.97. The Morgan fingerprint density at radius 1 is 0.372 bits per heavy atom. The van der Waals surface area contributed by atoms with E-state index in [1.165, 1.54) is 225 Å². The van der Waals surface area contributed by atoms with Crippen molar-refractivity contribution in [3.63, 3.8) is 0 Å². The van der Waals surface area contributed by atoms with E-state index < -0.39 is 26.5 Å². The van der Waals surface area contributed by atoms with Gasteiger partial charge in [-0.3, -0.25) is 14.2 Å². The molecule has 0 aromatic heterocycles. The van der Waals surface area contributed by atoms with Crippen molar-refractivity contribution in [2.24, 2.45) is 0 Å². The van der Waals surface area contributed by atoms with Gasteiger partial charge < -0.3 is 27.9 Å². The molecule has 0 fully saturated rings. The number of nitrogens with zero attached hydrogens (tertiary/aromatic N) is 1. The van der Waals surface area contributed by atoms with Gasteiger partial charge in [0.25, 0.3) is 7.82 Å². The topological polar surface area (TPSA) is 111 Å².